The number of halogens is 1. The van der Waals surface area contributed by atoms with Crippen LogP contribution in [0.2, 0.25) is 0 Å². The lowest BCUT2D eigenvalue weighted by atomic mass is 10.1. The average Bonchev–Trinajstić information content (AvgIpc) is 3.44. The van der Waals surface area contributed by atoms with Crippen LogP contribution < -0.4 is 5.32 Å². The molecule has 184 valence electrons. The van der Waals surface area contributed by atoms with Crippen LogP contribution in [0, 0.1) is 11.7 Å². The predicted molar refractivity (Wildman–Crippen MR) is 133 cm³/mol. The molecule has 0 aliphatic carbocycles. The van der Waals surface area contributed by atoms with Gasteiger partial charge in [0.15, 0.2) is 0 Å². The molecule has 2 aliphatic heterocycles. The highest BCUT2D eigenvalue weighted by atomic mass is 32.1. The Kier molecular flexibility index (Phi) is 8.34. The highest BCUT2D eigenvalue weighted by Gasteiger charge is 2.43. The third-order valence-electron chi connectivity index (χ3n) is 6.62. The smallest absolute Gasteiger partial charge is 0.264 e. The minimum atomic E-state index is -0.458. The van der Waals surface area contributed by atoms with Crippen molar-refractivity contribution in [2.45, 2.75) is 45.3 Å². The van der Waals surface area contributed by atoms with Gasteiger partial charge in [0, 0.05) is 45.3 Å². The number of benzene rings is 1. The third-order valence-corrected chi connectivity index (χ3v) is 7.48. The number of hydrogen-bond donors (Lipinski definition) is 1. The van der Waals surface area contributed by atoms with Crippen LogP contribution in [0.25, 0.3) is 0 Å². The molecule has 4 rings (SSSR count). The van der Waals surface area contributed by atoms with Crippen LogP contribution in [0.4, 0.5) is 4.39 Å². The van der Waals surface area contributed by atoms with Gasteiger partial charge in [-0.15, -0.1) is 11.3 Å². The van der Waals surface area contributed by atoms with Crippen molar-refractivity contribution >= 4 is 23.2 Å². The summed E-state index contributed by atoms with van der Waals surface area (Å²) >= 11 is 1.42. The van der Waals surface area contributed by atoms with Gasteiger partial charge in [0.2, 0.25) is 5.91 Å². The number of hydrogen-bond acceptors (Lipinski definition) is 5. The zero-order chi connectivity index (χ0) is 24.1. The van der Waals surface area contributed by atoms with E-state index in [4.69, 9.17) is 0 Å². The number of carbonyl (C=O) groups excluding carboxylic acids is 2. The lowest BCUT2D eigenvalue weighted by Crippen LogP contribution is -2.48. The first-order chi connectivity index (χ1) is 16.4. The maximum atomic E-state index is 13.7. The van der Waals surface area contributed by atoms with Crippen LogP contribution in [0.3, 0.4) is 0 Å². The predicted octanol–water partition coefficient (Wildman–Crippen LogP) is 3.45. The van der Waals surface area contributed by atoms with Gasteiger partial charge in [-0.2, -0.15) is 0 Å². The second kappa shape index (κ2) is 11.4. The molecular weight excluding hydrogens is 451 g/mol. The molecule has 2 fully saturated rings. The summed E-state index contributed by atoms with van der Waals surface area (Å²) < 4.78 is 13.5. The number of nitrogens with zero attached hydrogens (tertiary/aromatic N) is 3. The molecule has 2 aliphatic rings. The molecule has 2 unspecified atom stereocenters. The van der Waals surface area contributed by atoms with Crippen molar-refractivity contribution in [2.75, 3.05) is 39.3 Å². The summed E-state index contributed by atoms with van der Waals surface area (Å²) in [5.41, 5.74) is 1.03. The van der Waals surface area contributed by atoms with Crippen LogP contribution in [0.5, 0.6) is 0 Å². The van der Waals surface area contributed by atoms with Crippen molar-refractivity contribution in [1.82, 2.24) is 20.0 Å². The monoisotopic (exact) mass is 486 g/mol. The molecule has 8 heteroatoms. The Labute approximate surface area is 205 Å². The molecular formula is C26H35FN4O2S. The first kappa shape index (κ1) is 24.8. The Morgan fingerprint density at radius 3 is 2.68 bits per heavy atom. The summed E-state index contributed by atoms with van der Waals surface area (Å²) in [5.74, 6) is 0.177. The summed E-state index contributed by atoms with van der Waals surface area (Å²) in [7, 11) is 0. The molecule has 2 atom stereocenters. The normalized spacial score (nSPS) is 21.3. The fraction of sp³-hybridized carbons (Fsp3) is 0.538. The van der Waals surface area contributed by atoms with E-state index in [1.165, 1.54) is 23.5 Å². The van der Waals surface area contributed by atoms with E-state index in [2.05, 4.69) is 24.1 Å². The Balaban J connectivity index is 1.58. The second-order valence-electron chi connectivity index (χ2n) is 9.72. The Bertz CT molecular complexity index is 942. The van der Waals surface area contributed by atoms with Crippen molar-refractivity contribution in [3.63, 3.8) is 0 Å². The van der Waals surface area contributed by atoms with Crippen molar-refractivity contribution in [3.05, 3.63) is 58.0 Å². The molecule has 1 aromatic heterocycles. The van der Waals surface area contributed by atoms with Gasteiger partial charge in [0.1, 0.15) is 11.9 Å². The highest BCUT2D eigenvalue weighted by Crippen LogP contribution is 2.29. The fourth-order valence-corrected chi connectivity index (χ4v) is 5.67. The number of nitrogens with one attached hydrogen (secondary N) is 1. The fourth-order valence-electron chi connectivity index (χ4n) is 4.99. The quantitative estimate of drug-likeness (QED) is 0.651. The molecule has 34 heavy (non-hydrogen) atoms. The van der Waals surface area contributed by atoms with Gasteiger partial charge >= 0.3 is 0 Å². The minimum absolute atomic E-state index is 0.0578. The van der Waals surface area contributed by atoms with E-state index in [-0.39, 0.29) is 23.7 Å². The second-order valence-corrected chi connectivity index (χ2v) is 10.7. The topological polar surface area (TPSA) is 55.9 Å². The largest absolute Gasteiger partial charge is 0.340 e. The Morgan fingerprint density at radius 2 is 1.97 bits per heavy atom. The zero-order valence-electron chi connectivity index (χ0n) is 20.1. The van der Waals surface area contributed by atoms with Gasteiger partial charge in [0.25, 0.3) is 5.91 Å². The SMILES string of the molecule is CC(C)CN(Cc1ccc(F)cc1)C1CC(C(=O)N2CCCNCC2)N(C(=O)c2cccs2)C1. The molecule has 3 heterocycles. The Morgan fingerprint density at radius 1 is 1.18 bits per heavy atom. The molecule has 0 saturated carbocycles. The third kappa shape index (κ3) is 6.03. The standard InChI is InChI=1S/C26H35FN4O2S/c1-19(2)16-30(17-20-6-8-21(27)9-7-20)22-15-23(25(32)29-12-4-10-28-11-13-29)31(18-22)26(33)24-5-3-14-34-24/h3,5-9,14,19,22-23,28H,4,10-13,15-18H2,1-2H3. The number of rotatable bonds is 7. The average molecular weight is 487 g/mol. The molecule has 6 nitrogen and oxygen atoms in total. The van der Waals surface area contributed by atoms with E-state index in [9.17, 15) is 14.0 Å². The van der Waals surface area contributed by atoms with E-state index in [0.29, 0.717) is 36.9 Å². The van der Waals surface area contributed by atoms with Crippen LogP contribution in [0.1, 0.15) is 41.9 Å². The number of likely N-dealkylation sites (tertiary alicyclic amines) is 1. The minimum Gasteiger partial charge on any atom is -0.340 e. The maximum absolute atomic E-state index is 13.7. The summed E-state index contributed by atoms with van der Waals surface area (Å²) in [6.07, 6.45) is 1.54. The molecule has 2 aromatic rings. The number of amides is 2. The van der Waals surface area contributed by atoms with Crippen molar-refractivity contribution in [1.29, 1.82) is 0 Å². The molecule has 2 saturated heterocycles. The Hall–Kier alpha value is -2.29. The number of thiophene rings is 1. The van der Waals surface area contributed by atoms with Gasteiger partial charge < -0.3 is 15.1 Å². The van der Waals surface area contributed by atoms with E-state index in [1.54, 1.807) is 4.90 Å². The van der Waals surface area contributed by atoms with Crippen LogP contribution in [0.15, 0.2) is 41.8 Å². The molecule has 0 spiro atoms. The van der Waals surface area contributed by atoms with E-state index in [1.807, 2.05) is 34.5 Å². The van der Waals surface area contributed by atoms with Crippen molar-refractivity contribution in [2.24, 2.45) is 5.92 Å². The summed E-state index contributed by atoms with van der Waals surface area (Å²) in [6.45, 7) is 9.47. The van der Waals surface area contributed by atoms with E-state index >= 15 is 0 Å². The van der Waals surface area contributed by atoms with Crippen LogP contribution in [-0.4, -0.2) is 77.9 Å². The number of carbonyl (C=O) groups is 2. The van der Waals surface area contributed by atoms with Crippen molar-refractivity contribution in [3.8, 4) is 0 Å². The van der Waals surface area contributed by atoms with E-state index in [0.717, 1.165) is 38.2 Å². The van der Waals surface area contributed by atoms with Crippen LogP contribution >= 0.6 is 11.3 Å². The zero-order valence-corrected chi connectivity index (χ0v) is 20.9. The van der Waals surface area contributed by atoms with Gasteiger partial charge in [-0.1, -0.05) is 32.0 Å². The highest BCUT2D eigenvalue weighted by molar-refractivity contribution is 7.12. The van der Waals surface area contributed by atoms with Gasteiger partial charge in [-0.3, -0.25) is 14.5 Å². The lowest BCUT2D eigenvalue weighted by Gasteiger charge is -2.30. The maximum Gasteiger partial charge on any atom is 0.264 e. The first-order valence-corrected chi connectivity index (χ1v) is 13.1. The molecule has 1 N–H and O–H groups in total. The lowest BCUT2D eigenvalue weighted by molar-refractivity contribution is -0.135. The molecule has 2 amide bonds. The van der Waals surface area contributed by atoms with Crippen molar-refractivity contribution < 1.29 is 14.0 Å². The van der Waals surface area contributed by atoms with Gasteiger partial charge in [-0.25, -0.2) is 4.39 Å². The van der Waals surface area contributed by atoms with E-state index < -0.39 is 6.04 Å². The summed E-state index contributed by atoms with van der Waals surface area (Å²) in [4.78, 5) is 33.9. The van der Waals surface area contributed by atoms with Gasteiger partial charge in [-0.05, 0) is 54.4 Å². The van der Waals surface area contributed by atoms with Gasteiger partial charge in [0.05, 0.1) is 4.88 Å². The first-order valence-electron chi connectivity index (χ1n) is 12.2. The summed E-state index contributed by atoms with van der Waals surface area (Å²) in [5, 5.41) is 5.25. The molecule has 1 aromatic carbocycles. The molecule has 0 bridgehead atoms. The summed E-state index contributed by atoms with van der Waals surface area (Å²) in [6, 6.07) is 9.94. The van der Waals surface area contributed by atoms with Crippen LogP contribution in [-0.2, 0) is 11.3 Å². The molecule has 0 radical (unpaired) electrons.